The van der Waals surface area contributed by atoms with Crippen LogP contribution >= 0.6 is 0 Å². The van der Waals surface area contributed by atoms with Crippen LogP contribution in [0.3, 0.4) is 0 Å². The molecule has 1 N–H and O–H groups in total. The number of benzene rings is 2. The lowest BCUT2D eigenvalue weighted by Gasteiger charge is -2.16. The van der Waals surface area contributed by atoms with Crippen molar-refractivity contribution >= 4 is 21.4 Å². The van der Waals surface area contributed by atoms with Gasteiger partial charge in [-0.1, -0.05) is 23.9 Å². The highest BCUT2D eigenvalue weighted by Gasteiger charge is 2.18. The van der Waals surface area contributed by atoms with Crippen LogP contribution in [0.5, 0.6) is 5.75 Å². The van der Waals surface area contributed by atoms with E-state index in [1.54, 1.807) is 26.0 Å². The van der Waals surface area contributed by atoms with E-state index >= 15 is 0 Å². The molecule has 0 aliphatic carbocycles. The van der Waals surface area contributed by atoms with Gasteiger partial charge in [-0.25, -0.2) is 8.42 Å². The number of hydrogen-bond donors (Lipinski definition) is 1. The molecule has 0 saturated carbocycles. The summed E-state index contributed by atoms with van der Waals surface area (Å²) in [5.74, 6) is -0.639. The Kier molecular flexibility index (Phi) is 4.05. The van der Waals surface area contributed by atoms with Gasteiger partial charge in [0.15, 0.2) is 0 Å². The largest absolute Gasteiger partial charge is 0.871 e. The first-order chi connectivity index (χ1) is 10.2. The van der Waals surface area contributed by atoms with Crippen LogP contribution in [-0.4, -0.2) is 13.3 Å². The maximum absolute atomic E-state index is 12.4. The summed E-state index contributed by atoms with van der Waals surface area (Å²) in [6, 6.07) is 7.78. The van der Waals surface area contributed by atoms with Crippen molar-refractivity contribution in [3.63, 3.8) is 0 Å². The fraction of sp³-hybridized carbons (Fsp3) is 0.143. The summed E-state index contributed by atoms with van der Waals surface area (Å²) in [5, 5.41) is 22.4. The second-order valence-electron chi connectivity index (χ2n) is 4.81. The molecule has 0 aromatic heterocycles. The highest BCUT2D eigenvalue weighted by Crippen LogP contribution is 2.28. The van der Waals surface area contributed by atoms with Gasteiger partial charge < -0.3 is 5.11 Å². The first-order valence-electron chi connectivity index (χ1n) is 6.26. The number of nitro groups is 1. The summed E-state index contributed by atoms with van der Waals surface area (Å²) in [6.07, 6.45) is 0. The second kappa shape index (κ2) is 5.64. The minimum absolute atomic E-state index is 0.0263. The molecule has 8 heteroatoms. The summed E-state index contributed by atoms with van der Waals surface area (Å²) in [5.41, 5.74) is 0.539. The molecule has 0 heterocycles. The number of rotatable bonds is 4. The average Bonchev–Trinajstić information content (AvgIpc) is 2.43. The van der Waals surface area contributed by atoms with Crippen LogP contribution in [0.25, 0.3) is 0 Å². The number of non-ortho nitro benzene ring substituents is 1. The topological polar surface area (TPSA) is 112 Å². The van der Waals surface area contributed by atoms with Gasteiger partial charge in [0, 0.05) is 17.8 Å². The number of nitro benzene ring substituents is 1. The number of anilines is 1. The number of nitrogens with one attached hydrogen (secondary N) is 1. The van der Waals surface area contributed by atoms with Gasteiger partial charge in [0.1, 0.15) is 0 Å². The molecule has 0 amide bonds. The minimum atomic E-state index is -4.00. The van der Waals surface area contributed by atoms with Crippen LogP contribution in [0.4, 0.5) is 11.4 Å². The van der Waals surface area contributed by atoms with E-state index in [2.05, 4.69) is 4.72 Å². The Morgan fingerprint density at radius 3 is 2.41 bits per heavy atom. The zero-order chi connectivity index (χ0) is 16.5. The fourth-order valence-corrected chi connectivity index (χ4v) is 3.30. The highest BCUT2D eigenvalue weighted by atomic mass is 32.2. The maximum Gasteiger partial charge on any atom is 0.271 e. The van der Waals surface area contributed by atoms with E-state index in [1.165, 1.54) is 6.07 Å². The lowest BCUT2D eigenvalue weighted by Crippen LogP contribution is -2.16. The van der Waals surface area contributed by atoms with Crippen molar-refractivity contribution in [2.75, 3.05) is 4.72 Å². The van der Waals surface area contributed by atoms with E-state index in [4.69, 9.17) is 0 Å². The van der Waals surface area contributed by atoms with Crippen molar-refractivity contribution in [3.8, 4) is 5.75 Å². The number of hydrogen-bond acceptors (Lipinski definition) is 5. The van der Waals surface area contributed by atoms with Crippen molar-refractivity contribution < 1.29 is 18.4 Å². The van der Waals surface area contributed by atoms with Crippen LogP contribution in [0.15, 0.2) is 41.3 Å². The van der Waals surface area contributed by atoms with E-state index < -0.39 is 20.7 Å². The summed E-state index contributed by atoms with van der Waals surface area (Å²) < 4.78 is 26.9. The van der Waals surface area contributed by atoms with E-state index in [0.29, 0.717) is 5.56 Å². The Labute approximate surface area is 127 Å². The molecule has 22 heavy (non-hydrogen) atoms. The van der Waals surface area contributed by atoms with Crippen molar-refractivity contribution in [1.29, 1.82) is 0 Å². The maximum atomic E-state index is 12.4. The average molecular weight is 321 g/mol. The number of aryl methyl sites for hydroxylation is 2. The predicted molar refractivity (Wildman–Crippen MR) is 79.3 cm³/mol. The van der Waals surface area contributed by atoms with Crippen molar-refractivity contribution in [2.45, 2.75) is 18.7 Å². The number of nitrogens with zero attached hydrogens (tertiary/aromatic N) is 1. The Morgan fingerprint density at radius 1 is 1.09 bits per heavy atom. The first-order valence-corrected chi connectivity index (χ1v) is 7.74. The molecule has 116 valence electrons. The third-order valence-electron chi connectivity index (χ3n) is 3.05. The van der Waals surface area contributed by atoms with E-state index in [9.17, 15) is 23.6 Å². The van der Waals surface area contributed by atoms with Crippen molar-refractivity contribution in [1.82, 2.24) is 0 Å². The van der Waals surface area contributed by atoms with Gasteiger partial charge in [0.2, 0.25) is 0 Å². The molecular weight excluding hydrogens is 308 g/mol. The highest BCUT2D eigenvalue weighted by molar-refractivity contribution is 7.92. The van der Waals surface area contributed by atoms with Crippen LogP contribution in [0, 0.1) is 24.0 Å². The first kappa shape index (κ1) is 15.8. The normalized spacial score (nSPS) is 11.2. The molecule has 0 fully saturated rings. The number of sulfonamides is 1. The Bertz CT molecular complexity index is 846. The van der Waals surface area contributed by atoms with Gasteiger partial charge in [-0.2, -0.15) is 0 Å². The van der Waals surface area contributed by atoms with Crippen LogP contribution in [-0.2, 0) is 10.0 Å². The molecule has 0 spiro atoms. The molecule has 0 unspecified atom stereocenters. The molecule has 2 aromatic rings. The van der Waals surface area contributed by atoms with Gasteiger partial charge in [0.25, 0.3) is 15.7 Å². The molecule has 0 saturated heterocycles. The van der Waals surface area contributed by atoms with E-state index in [-0.39, 0.29) is 16.3 Å². The van der Waals surface area contributed by atoms with Gasteiger partial charge in [0.05, 0.1) is 9.82 Å². The zero-order valence-corrected chi connectivity index (χ0v) is 12.7. The van der Waals surface area contributed by atoms with Gasteiger partial charge >= 0.3 is 0 Å². The second-order valence-corrected chi connectivity index (χ2v) is 6.46. The lowest BCUT2D eigenvalue weighted by atomic mass is 10.2. The quantitative estimate of drug-likeness (QED) is 0.684. The third-order valence-corrected chi connectivity index (χ3v) is 4.56. The monoisotopic (exact) mass is 321 g/mol. The minimum Gasteiger partial charge on any atom is -0.871 e. The smallest absolute Gasteiger partial charge is 0.271 e. The molecule has 2 aromatic carbocycles. The molecule has 2 rings (SSSR count). The Hall–Kier alpha value is -2.61. The Morgan fingerprint density at radius 2 is 1.77 bits per heavy atom. The van der Waals surface area contributed by atoms with E-state index in [0.717, 1.165) is 23.8 Å². The lowest BCUT2D eigenvalue weighted by molar-refractivity contribution is -0.385. The predicted octanol–water partition coefficient (Wildman–Crippen LogP) is 2.09. The van der Waals surface area contributed by atoms with E-state index in [1.807, 2.05) is 0 Å². The van der Waals surface area contributed by atoms with Gasteiger partial charge in [-0.3, -0.25) is 14.8 Å². The van der Waals surface area contributed by atoms with Crippen molar-refractivity contribution in [2.24, 2.45) is 0 Å². The SMILES string of the molecule is Cc1ccc(C)c(S(=O)(=O)Nc2cc([N+](=O)[O-])ccc2[O-])c1. The molecule has 0 aliphatic rings. The standard InChI is InChI=1S/C14H14N2O5S/c1-9-3-4-10(2)14(7-9)22(20,21)15-12-8-11(16(18)19)5-6-13(12)17/h3-8,15,17H,1-2H3/p-1. The van der Waals surface area contributed by atoms with Crippen molar-refractivity contribution in [3.05, 3.63) is 57.6 Å². The molecular formula is C14H13N2O5S-. The summed E-state index contributed by atoms with van der Waals surface area (Å²) >= 11 is 0. The third kappa shape index (κ3) is 3.17. The fourth-order valence-electron chi connectivity index (χ4n) is 1.91. The van der Waals surface area contributed by atoms with Gasteiger partial charge in [-0.05, 0) is 31.0 Å². The van der Waals surface area contributed by atoms with Crippen LogP contribution in [0.1, 0.15) is 11.1 Å². The summed E-state index contributed by atoms with van der Waals surface area (Å²) in [7, 11) is -4.00. The molecule has 0 atom stereocenters. The molecule has 0 aliphatic heterocycles. The summed E-state index contributed by atoms with van der Waals surface area (Å²) in [6.45, 7) is 3.37. The summed E-state index contributed by atoms with van der Waals surface area (Å²) in [4.78, 5) is 10.1. The van der Waals surface area contributed by atoms with Crippen LogP contribution in [0.2, 0.25) is 0 Å². The van der Waals surface area contributed by atoms with Gasteiger partial charge in [-0.15, -0.1) is 0 Å². The molecule has 0 bridgehead atoms. The molecule has 0 radical (unpaired) electrons. The Balaban J connectivity index is 2.47. The zero-order valence-electron chi connectivity index (χ0n) is 11.9. The molecule has 7 nitrogen and oxygen atoms in total. The van der Waals surface area contributed by atoms with Crippen LogP contribution < -0.4 is 9.83 Å².